The van der Waals surface area contributed by atoms with Gasteiger partial charge < -0.3 is 15.8 Å². The highest BCUT2D eigenvalue weighted by Gasteiger charge is 2.08. The number of nitrogens with two attached hydrogens (primary N) is 1. The van der Waals surface area contributed by atoms with Crippen molar-refractivity contribution in [2.24, 2.45) is 5.73 Å². The SMILES string of the molecule is COc1nc(Cl)nc(NCC(N)c2ccccc2)n1. The quantitative estimate of drug-likeness (QED) is 0.865. The fourth-order valence-electron chi connectivity index (χ4n) is 1.52. The van der Waals surface area contributed by atoms with Crippen molar-refractivity contribution in [2.75, 3.05) is 19.0 Å². The molecule has 100 valence electrons. The van der Waals surface area contributed by atoms with E-state index >= 15 is 0 Å². The summed E-state index contributed by atoms with van der Waals surface area (Å²) in [5, 5.41) is 3.08. The first kappa shape index (κ1) is 13.5. The van der Waals surface area contributed by atoms with Crippen molar-refractivity contribution in [2.45, 2.75) is 6.04 Å². The largest absolute Gasteiger partial charge is 0.467 e. The lowest BCUT2D eigenvalue weighted by atomic mass is 10.1. The number of halogens is 1. The molecule has 7 heteroatoms. The minimum absolute atomic E-state index is 0.0719. The molecule has 0 fully saturated rings. The van der Waals surface area contributed by atoms with Gasteiger partial charge in [0.2, 0.25) is 11.2 Å². The molecule has 0 radical (unpaired) electrons. The predicted molar refractivity (Wildman–Crippen MR) is 73.2 cm³/mol. The zero-order valence-corrected chi connectivity index (χ0v) is 11.1. The number of methoxy groups -OCH3 is 1. The topological polar surface area (TPSA) is 86.0 Å². The van der Waals surface area contributed by atoms with E-state index in [0.29, 0.717) is 12.5 Å². The highest BCUT2D eigenvalue weighted by molar-refractivity contribution is 6.28. The Bertz CT molecular complexity index is 537. The second kappa shape index (κ2) is 6.31. The van der Waals surface area contributed by atoms with Gasteiger partial charge in [0, 0.05) is 12.6 Å². The average molecular weight is 280 g/mol. The number of hydrogen-bond donors (Lipinski definition) is 2. The number of benzene rings is 1. The fraction of sp³-hybridized carbons (Fsp3) is 0.250. The van der Waals surface area contributed by atoms with Gasteiger partial charge in [-0.1, -0.05) is 30.3 Å². The third-order valence-corrected chi connectivity index (χ3v) is 2.65. The van der Waals surface area contributed by atoms with Crippen LogP contribution in [0, 0.1) is 0 Å². The second-order valence-corrected chi connectivity index (χ2v) is 4.15. The number of nitrogens with one attached hydrogen (secondary N) is 1. The minimum Gasteiger partial charge on any atom is -0.467 e. The summed E-state index contributed by atoms with van der Waals surface area (Å²) in [5.74, 6) is 0.336. The molecule has 3 N–H and O–H groups in total. The van der Waals surface area contributed by atoms with Crippen LogP contribution in [0.5, 0.6) is 6.01 Å². The summed E-state index contributed by atoms with van der Waals surface area (Å²) in [6.45, 7) is 0.480. The van der Waals surface area contributed by atoms with Crippen LogP contribution in [0.2, 0.25) is 5.28 Å². The van der Waals surface area contributed by atoms with Gasteiger partial charge in [-0.2, -0.15) is 15.0 Å². The minimum atomic E-state index is -0.164. The van der Waals surface area contributed by atoms with Crippen molar-refractivity contribution in [3.8, 4) is 6.01 Å². The molecule has 0 aliphatic heterocycles. The van der Waals surface area contributed by atoms with Crippen LogP contribution in [0.3, 0.4) is 0 Å². The highest BCUT2D eigenvalue weighted by Crippen LogP contribution is 2.13. The Balaban J connectivity index is 2.01. The molecular formula is C12H14ClN5O. The van der Waals surface area contributed by atoms with Gasteiger partial charge in [-0.3, -0.25) is 0 Å². The van der Waals surface area contributed by atoms with E-state index in [4.69, 9.17) is 22.1 Å². The molecule has 0 aliphatic rings. The van der Waals surface area contributed by atoms with Crippen LogP contribution in [-0.4, -0.2) is 28.6 Å². The molecule has 6 nitrogen and oxygen atoms in total. The Morgan fingerprint density at radius 2 is 2.00 bits per heavy atom. The van der Waals surface area contributed by atoms with Gasteiger partial charge in [-0.25, -0.2) is 0 Å². The molecule has 0 bridgehead atoms. The lowest BCUT2D eigenvalue weighted by Gasteiger charge is -2.13. The lowest BCUT2D eigenvalue weighted by Crippen LogP contribution is -2.21. The van der Waals surface area contributed by atoms with Crippen molar-refractivity contribution in [1.29, 1.82) is 0 Å². The summed E-state index contributed by atoms with van der Waals surface area (Å²) in [6.07, 6.45) is 0. The Kier molecular flexibility index (Phi) is 4.48. The molecule has 0 spiro atoms. The smallest absolute Gasteiger partial charge is 0.322 e. The molecule has 1 unspecified atom stereocenters. The van der Waals surface area contributed by atoms with E-state index in [0.717, 1.165) is 5.56 Å². The standard InChI is InChI=1S/C12H14ClN5O/c1-19-12-17-10(13)16-11(18-12)15-7-9(14)8-5-3-2-4-6-8/h2-6,9H,7,14H2,1H3,(H,15,16,17,18). The molecule has 2 rings (SSSR count). The van der Waals surface area contributed by atoms with Crippen LogP contribution in [0.4, 0.5) is 5.95 Å². The molecule has 0 saturated heterocycles. The molecule has 1 atom stereocenters. The fourth-order valence-corrected chi connectivity index (χ4v) is 1.67. The number of ether oxygens (including phenoxy) is 1. The van der Waals surface area contributed by atoms with Crippen LogP contribution < -0.4 is 15.8 Å². The maximum Gasteiger partial charge on any atom is 0.322 e. The van der Waals surface area contributed by atoms with Crippen molar-refractivity contribution < 1.29 is 4.74 Å². The van der Waals surface area contributed by atoms with E-state index in [1.807, 2.05) is 30.3 Å². The van der Waals surface area contributed by atoms with Crippen LogP contribution in [0.15, 0.2) is 30.3 Å². The molecular weight excluding hydrogens is 266 g/mol. The van der Waals surface area contributed by atoms with Gasteiger partial charge in [0.25, 0.3) is 0 Å². The van der Waals surface area contributed by atoms with E-state index in [-0.39, 0.29) is 17.3 Å². The van der Waals surface area contributed by atoms with Gasteiger partial charge in [-0.15, -0.1) is 0 Å². The summed E-state index contributed by atoms with van der Waals surface area (Å²) >= 11 is 5.75. The van der Waals surface area contributed by atoms with Crippen molar-refractivity contribution in [1.82, 2.24) is 15.0 Å². The summed E-state index contributed by atoms with van der Waals surface area (Å²) in [5.41, 5.74) is 7.08. The van der Waals surface area contributed by atoms with Gasteiger partial charge in [0.1, 0.15) is 0 Å². The molecule has 1 heterocycles. The Morgan fingerprint density at radius 3 is 2.68 bits per heavy atom. The first-order valence-corrected chi connectivity index (χ1v) is 6.07. The predicted octanol–water partition coefficient (Wildman–Crippen LogP) is 1.65. The zero-order valence-electron chi connectivity index (χ0n) is 10.4. The molecule has 0 amide bonds. The number of hydrogen-bond acceptors (Lipinski definition) is 6. The van der Waals surface area contributed by atoms with E-state index < -0.39 is 0 Å². The van der Waals surface area contributed by atoms with E-state index in [9.17, 15) is 0 Å². The van der Waals surface area contributed by atoms with Crippen LogP contribution in [0.25, 0.3) is 0 Å². The number of nitrogens with zero attached hydrogens (tertiary/aromatic N) is 3. The van der Waals surface area contributed by atoms with Gasteiger partial charge in [0.05, 0.1) is 7.11 Å². The second-order valence-electron chi connectivity index (χ2n) is 3.81. The van der Waals surface area contributed by atoms with Crippen LogP contribution >= 0.6 is 11.6 Å². The maximum absolute atomic E-state index is 6.05. The Hall–Kier alpha value is -1.92. The summed E-state index contributed by atoms with van der Waals surface area (Å²) in [4.78, 5) is 11.8. The molecule has 1 aromatic heterocycles. The molecule has 2 aromatic rings. The number of anilines is 1. The number of aromatic nitrogens is 3. The van der Waals surface area contributed by atoms with E-state index in [1.54, 1.807) is 0 Å². The lowest BCUT2D eigenvalue weighted by molar-refractivity contribution is 0.379. The Morgan fingerprint density at radius 1 is 1.26 bits per heavy atom. The maximum atomic E-state index is 6.05. The number of rotatable bonds is 5. The first-order valence-electron chi connectivity index (χ1n) is 5.69. The first-order chi connectivity index (χ1) is 9.19. The van der Waals surface area contributed by atoms with Gasteiger partial charge in [-0.05, 0) is 17.2 Å². The monoisotopic (exact) mass is 279 g/mol. The zero-order chi connectivity index (χ0) is 13.7. The summed E-state index contributed by atoms with van der Waals surface area (Å²) in [6, 6.07) is 9.76. The summed E-state index contributed by atoms with van der Waals surface area (Å²) < 4.78 is 4.91. The molecule has 19 heavy (non-hydrogen) atoms. The van der Waals surface area contributed by atoms with Gasteiger partial charge >= 0.3 is 6.01 Å². The van der Waals surface area contributed by atoms with Crippen molar-refractivity contribution in [3.05, 3.63) is 41.2 Å². The van der Waals surface area contributed by atoms with Crippen LogP contribution in [0.1, 0.15) is 11.6 Å². The normalized spacial score (nSPS) is 11.9. The van der Waals surface area contributed by atoms with Crippen LogP contribution in [-0.2, 0) is 0 Å². The summed E-state index contributed by atoms with van der Waals surface area (Å²) in [7, 11) is 1.46. The molecule has 0 aliphatic carbocycles. The van der Waals surface area contributed by atoms with Crippen molar-refractivity contribution in [3.63, 3.8) is 0 Å². The highest BCUT2D eigenvalue weighted by atomic mass is 35.5. The van der Waals surface area contributed by atoms with Gasteiger partial charge in [0.15, 0.2) is 0 Å². The van der Waals surface area contributed by atoms with E-state index in [2.05, 4.69) is 20.3 Å². The van der Waals surface area contributed by atoms with Crippen molar-refractivity contribution >= 4 is 17.5 Å². The molecule has 1 aromatic carbocycles. The van der Waals surface area contributed by atoms with E-state index in [1.165, 1.54) is 7.11 Å². The third kappa shape index (κ3) is 3.77. The molecule has 0 saturated carbocycles. The third-order valence-electron chi connectivity index (χ3n) is 2.48. The average Bonchev–Trinajstić information content (AvgIpc) is 2.45. The Labute approximate surface area is 116 Å².